The summed E-state index contributed by atoms with van der Waals surface area (Å²) in [5.41, 5.74) is 2.24. The lowest BCUT2D eigenvalue weighted by molar-refractivity contribution is 0.202. The van der Waals surface area contributed by atoms with E-state index in [0.29, 0.717) is 10.0 Å². The molecular weight excluding hydrogens is 345 g/mol. The number of benzene rings is 1. The quantitative estimate of drug-likeness (QED) is 0.749. The minimum absolute atomic E-state index is 0.660. The summed E-state index contributed by atoms with van der Waals surface area (Å²) in [5.74, 6) is 1.84. The van der Waals surface area contributed by atoms with Crippen molar-refractivity contribution < 1.29 is 4.84 Å². The van der Waals surface area contributed by atoms with Gasteiger partial charge in [-0.05, 0) is 24.3 Å². The number of oxime groups is 1. The smallest absolute Gasteiger partial charge is 0.172 e. The standard InChI is InChI=1S/C18H17Cl2N3O/c19-14-5-6-17(16(20)12-14)22-7-9-23(10-8-22)18-13-3-1-2-4-15(11-13)24-21-18/h1-6,12H,7-11H2. The minimum Gasteiger partial charge on any atom is -0.367 e. The molecule has 0 unspecified atom stereocenters. The maximum Gasteiger partial charge on any atom is 0.172 e. The fourth-order valence-electron chi connectivity index (χ4n) is 3.17. The number of hydrogen-bond donors (Lipinski definition) is 0. The lowest BCUT2D eigenvalue weighted by Gasteiger charge is -2.38. The monoisotopic (exact) mass is 361 g/mol. The maximum atomic E-state index is 6.33. The zero-order valence-electron chi connectivity index (χ0n) is 13.1. The fraction of sp³-hybridized carbons (Fsp3) is 0.278. The van der Waals surface area contributed by atoms with Gasteiger partial charge in [0.05, 0.1) is 10.7 Å². The Morgan fingerprint density at radius 2 is 1.71 bits per heavy atom. The summed E-state index contributed by atoms with van der Waals surface area (Å²) >= 11 is 12.3. The van der Waals surface area contributed by atoms with E-state index in [0.717, 1.165) is 49.9 Å². The van der Waals surface area contributed by atoms with Gasteiger partial charge in [0.1, 0.15) is 5.76 Å². The van der Waals surface area contributed by atoms with Gasteiger partial charge in [0.25, 0.3) is 0 Å². The average molecular weight is 362 g/mol. The Morgan fingerprint density at radius 1 is 0.958 bits per heavy atom. The average Bonchev–Trinajstić information content (AvgIpc) is 2.77. The first-order valence-electron chi connectivity index (χ1n) is 7.97. The number of anilines is 1. The van der Waals surface area contributed by atoms with E-state index in [9.17, 15) is 0 Å². The molecule has 2 bridgehead atoms. The van der Waals surface area contributed by atoms with Gasteiger partial charge in [0.2, 0.25) is 0 Å². The second kappa shape index (κ2) is 6.54. The summed E-state index contributed by atoms with van der Waals surface area (Å²) in [7, 11) is 0. The first-order chi connectivity index (χ1) is 11.7. The van der Waals surface area contributed by atoms with Crippen LogP contribution in [0.1, 0.15) is 6.42 Å². The molecule has 1 aromatic carbocycles. The zero-order chi connectivity index (χ0) is 16.5. The van der Waals surface area contributed by atoms with E-state index >= 15 is 0 Å². The van der Waals surface area contributed by atoms with Crippen molar-refractivity contribution in [3.05, 3.63) is 63.9 Å². The van der Waals surface area contributed by atoms with Crippen LogP contribution >= 0.6 is 23.2 Å². The van der Waals surface area contributed by atoms with Gasteiger partial charge in [-0.2, -0.15) is 0 Å². The minimum atomic E-state index is 0.660. The molecule has 2 heterocycles. The second-order valence-electron chi connectivity index (χ2n) is 5.96. The highest BCUT2D eigenvalue weighted by Gasteiger charge is 2.27. The Bertz CT molecular complexity index is 774. The van der Waals surface area contributed by atoms with Crippen LogP contribution in [-0.4, -0.2) is 36.9 Å². The Hall–Kier alpha value is -1.91. The van der Waals surface area contributed by atoms with Crippen molar-refractivity contribution >= 4 is 34.7 Å². The van der Waals surface area contributed by atoms with Crippen molar-refractivity contribution in [2.24, 2.45) is 5.16 Å². The molecule has 1 aliphatic carbocycles. The van der Waals surface area contributed by atoms with Crippen LogP contribution in [0.4, 0.5) is 5.69 Å². The summed E-state index contributed by atoms with van der Waals surface area (Å²) in [6, 6.07) is 5.66. The van der Waals surface area contributed by atoms with Crippen molar-refractivity contribution in [2.75, 3.05) is 31.1 Å². The van der Waals surface area contributed by atoms with Crippen LogP contribution in [0.3, 0.4) is 0 Å². The Balaban J connectivity index is 1.48. The van der Waals surface area contributed by atoms with Crippen molar-refractivity contribution in [2.45, 2.75) is 6.42 Å². The lowest BCUT2D eigenvalue weighted by atomic mass is 10.1. The highest BCUT2D eigenvalue weighted by Crippen LogP contribution is 2.30. The largest absolute Gasteiger partial charge is 0.367 e. The normalized spacial score (nSPS) is 20.0. The zero-order valence-corrected chi connectivity index (χ0v) is 14.6. The molecule has 1 saturated heterocycles. The Kier molecular flexibility index (Phi) is 4.25. The van der Waals surface area contributed by atoms with Gasteiger partial charge in [-0.1, -0.05) is 46.6 Å². The van der Waals surface area contributed by atoms with Crippen LogP contribution in [0.25, 0.3) is 0 Å². The molecule has 4 nitrogen and oxygen atoms in total. The Labute approximate surface area is 151 Å². The second-order valence-corrected chi connectivity index (χ2v) is 6.81. The van der Waals surface area contributed by atoms with E-state index in [1.54, 1.807) is 6.07 Å². The van der Waals surface area contributed by atoms with Crippen molar-refractivity contribution in [3.8, 4) is 0 Å². The van der Waals surface area contributed by atoms with Crippen molar-refractivity contribution in [1.29, 1.82) is 0 Å². The van der Waals surface area contributed by atoms with E-state index in [4.69, 9.17) is 28.0 Å². The first-order valence-corrected chi connectivity index (χ1v) is 8.73. The molecule has 1 fully saturated rings. The van der Waals surface area contributed by atoms with Crippen molar-refractivity contribution in [1.82, 2.24) is 4.90 Å². The molecule has 0 spiro atoms. The molecule has 124 valence electrons. The molecule has 3 aliphatic rings. The van der Waals surface area contributed by atoms with Gasteiger partial charge in [0, 0.05) is 43.2 Å². The van der Waals surface area contributed by atoms with E-state index in [1.807, 2.05) is 30.4 Å². The summed E-state index contributed by atoms with van der Waals surface area (Å²) in [6.07, 6.45) is 8.91. The SMILES string of the molecule is Clc1ccc(N2CCN(C3=NOC4=CC=CC=C3C4)CC2)c(Cl)c1. The third-order valence-corrected chi connectivity index (χ3v) is 4.96. The number of fused-ring (bicyclic) bond motifs is 2. The number of piperazine rings is 1. The topological polar surface area (TPSA) is 28.1 Å². The molecule has 0 aromatic heterocycles. The van der Waals surface area contributed by atoms with Crippen LogP contribution in [0.5, 0.6) is 0 Å². The number of amidine groups is 1. The van der Waals surface area contributed by atoms with Gasteiger partial charge in [-0.3, -0.25) is 0 Å². The summed E-state index contributed by atoms with van der Waals surface area (Å²) in [4.78, 5) is 10.1. The molecule has 2 aliphatic heterocycles. The molecule has 0 amide bonds. The van der Waals surface area contributed by atoms with E-state index in [2.05, 4.69) is 21.0 Å². The van der Waals surface area contributed by atoms with Crippen LogP contribution in [0.15, 0.2) is 59.0 Å². The fourth-order valence-corrected chi connectivity index (χ4v) is 3.70. The first kappa shape index (κ1) is 15.6. The Morgan fingerprint density at radius 3 is 2.50 bits per heavy atom. The number of halogens is 2. The predicted molar refractivity (Wildman–Crippen MR) is 98.7 cm³/mol. The summed E-state index contributed by atoms with van der Waals surface area (Å²) in [5, 5.41) is 5.68. The number of hydrogen-bond acceptors (Lipinski definition) is 4. The molecular formula is C18H17Cl2N3O. The maximum absolute atomic E-state index is 6.33. The van der Waals surface area contributed by atoms with Gasteiger partial charge < -0.3 is 14.6 Å². The van der Waals surface area contributed by atoms with Gasteiger partial charge >= 0.3 is 0 Å². The van der Waals surface area contributed by atoms with Crippen molar-refractivity contribution in [3.63, 3.8) is 0 Å². The molecule has 4 rings (SSSR count). The molecule has 0 N–H and O–H groups in total. The third kappa shape index (κ3) is 3.04. The molecule has 6 heteroatoms. The highest BCUT2D eigenvalue weighted by atomic mass is 35.5. The van der Waals surface area contributed by atoms with Gasteiger partial charge in [-0.25, -0.2) is 0 Å². The van der Waals surface area contributed by atoms with Gasteiger partial charge in [0.15, 0.2) is 5.84 Å². The summed E-state index contributed by atoms with van der Waals surface area (Å²) in [6.45, 7) is 3.51. The van der Waals surface area contributed by atoms with E-state index in [1.165, 1.54) is 5.57 Å². The highest BCUT2D eigenvalue weighted by molar-refractivity contribution is 6.36. The van der Waals surface area contributed by atoms with Crippen LogP contribution in [0, 0.1) is 0 Å². The molecule has 24 heavy (non-hydrogen) atoms. The van der Waals surface area contributed by atoms with E-state index < -0.39 is 0 Å². The predicted octanol–water partition coefficient (Wildman–Crippen LogP) is 4.23. The molecule has 0 saturated carbocycles. The molecule has 1 aromatic rings. The molecule has 0 atom stereocenters. The number of allylic oxidation sites excluding steroid dienone is 5. The summed E-state index contributed by atoms with van der Waals surface area (Å²) < 4.78 is 0. The number of rotatable bonds is 1. The van der Waals surface area contributed by atoms with Crippen LogP contribution in [-0.2, 0) is 4.84 Å². The van der Waals surface area contributed by atoms with E-state index in [-0.39, 0.29) is 0 Å². The van der Waals surface area contributed by atoms with Gasteiger partial charge in [-0.15, -0.1) is 0 Å². The third-order valence-electron chi connectivity index (χ3n) is 4.42. The van der Waals surface area contributed by atoms with Crippen LogP contribution < -0.4 is 4.90 Å². The van der Waals surface area contributed by atoms with Crippen LogP contribution in [0.2, 0.25) is 10.0 Å². The number of nitrogens with zero attached hydrogens (tertiary/aromatic N) is 3. The lowest BCUT2D eigenvalue weighted by Crippen LogP contribution is -2.49. The molecule has 0 radical (unpaired) electrons.